The van der Waals surface area contributed by atoms with Crippen LogP contribution in [0.3, 0.4) is 0 Å². The Morgan fingerprint density at radius 2 is 2.33 bits per heavy atom. The maximum Gasteiger partial charge on any atom is 0.135 e. The molecule has 2 unspecified atom stereocenters. The predicted octanol–water partition coefficient (Wildman–Crippen LogP) is 1.52. The summed E-state index contributed by atoms with van der Waals surface area (Å²) in [7, 11) is 0. The molecule has 0 aromatic rings. The fourth-order valence-electron chi connectivity index (χ4n) is 2.93. The molecule has 1 N–H and O–H groups in total. The summed E-state index contributed by atoms with van der Waals surface area (Å²) in [5.74, 6) is 1.26. The molecule has 2 nitrogen and oxygen atoms in total. The Hall–Kier alpha value is -0.370. The van der Waals surface area contributed by atoms with Crippen molar-refractivity contribution in [3.8, 4) is 0 Å². The summed E-state index contributed by atoms with van der Waals surface area (Å²) < 4.78 is 0. The van der Waals surface area contributed by atoms with Gasteiger partial charge in [-0.25, -0.2) is 0 Å². The Balaban J connectivity index is 2.16. The van der Waals surface area contributed by atoms with Crippen LogP contribution in [-0.2, 0) is 4.79 Å². The lowest BCUT2D eigenvalue weighted by Gasteiger charge is -2.33. The second-order valence-corrected chi connectivity index (χ2v) is 4.60. The Kier molecular flexibility index (Phi) is 1.76. The Labute approximate surface area is 73.0 Å². The second kappa shape index (κ2) is 2.56. The van der Waals surface area contributed by atoms with E-state index in [2.05, 4.69) is 6.92 Å². The molecular weight excluding hydrogens is 152 g/mol. The first kappa shape index (κ1) is 8.24. The Morgan fingerprint density at radius 3 is 3.08 bits per heavy atom. The number of hydrogen-bond donors (Lipinski definition) is 1. The van der Waals surface area contributed by atoms with Crippen LogP contribution in [0.2, 0.25) is 0 Å². The lowest BCUT2D eigenvalue weighted by molar-refractivity contribution is -0.130. The summed E-state index contributed by atoms with van der Waals surface area (Å²) in [6.07, 6.45) is 3.98. The standard InChI is InChI=1S/C10H16O2/c1-7-4-8-2-3-9(11)6-10(8,12)5-7/h7-8,12H,2-6H2,1H3/t7?,8?,10-/m0/s1. The van der Waals surface area contributed by atoms with Gasteiger partial charge in [-0.1, -0.05) is 6.92 Å². The summed E-state index contributed by atoms with van der Waals surface area (Å²) in [6.45, 7) is 2.17. The molecule has 2 aliphatic carbocycles. The normalized spacial score (nSPS) is 47.7. The van der Waals surface area contributed by atoms with Gasteiger partial charge >= 0.3 is 0 Å². The molecule has 0 bridgehead atoms. The molecule has 2 aliphatic rings. The van der Waals surface area contributed by atoms with Gasteiger partial charge in [0.25, 0.3) is 0 Å². The SMILES string of the molecule is CC1CC2CCC(=O)C[C@@]2(O)C1. The number of hydrogen-bond acceptors (Lipinski definition) is 2. The molecule has 0 spiro atoms. The molecule has 0 aromatic heterocycles. The first-order chi connectivity index (χ1) is 5.60. The molecule has 2 fully saturated rings. The minimum atomic E-state index is -0.616. The largest absolute Gasteiger partial charge is 0.389 e. The summed E-state index contributed by atoms with van der Waals surface area (Å²) in [4.78, 5) is 11.2. The Bertz CT molecular complexity index is 212. The monoisotopic (exact) mass is 168 g/mol. The summed E-state index contributed by atoms with van der Waals surface area (Å²) in [5, 5.41) is 10.1. The van der Waals surface area contributed by atoms with Crippen molar-refractivity contribution in [2.75, 3.05) is 0 Å². The molecule has 12 heavy (non-hydrogen) atoms. The zero-order chi connectivity index (χ0) is 8.77. The van der Waals surface area contributed by atoms with Crippen molar-refractivity contribution in [3.05, 3.63) is 0 Å². The molecule has 68 valence electrons. The van der Waals surface area contributed by atoms with Crippen LogP contribution in [0.15, 0.2) is 0 Å². The van der Waals surface area contributed by atoms with Crippen molar-refractivity contribution in [1.82, 2.24) is 0 Å². The van der Waals surface area contributed by atoms with Gasteiger partial charge in [-0.3, -0.25) is 4.79 Å². The number of fused-ring (bicyclic) bond motifs is 1. The van der Waals surface area contributed by atoms with E-state index in [1.165, 1.54) is 0 Å². The molecule has 0 radical (unpaired) electrons. The smallest absolute Gasteiger partial charge is 0.135 e. The molecule has 2 rings (SSSR count). The van der Waals surface area contributed by atoms with Crippen LogP contribution in [0.1, 0.15) is 39.0 Å². The molecule has 2 saturated carbocycles. The molecule has 0 aromatic carbocycles. The Morgan fingerprint density at radius 1 is 1.58 bits per heavy atom. The quantitative estimate of drug-likeness (QED) is 0.595. The van der Waals surface area contributed by atoms with E-state index < -0.39 is 5.60 Å². The number of carbonyl (C=O) groups excluding carboxylic acids is 1. The van der Waals surface area contributed by atoms with Crippen molar-refractivity contribution >= 4 is 5.78 Å². The van der Waals surface area contributed by atoms with Gasteiger partial charge in [0.2, 0.25) is 0 Å². The molecule has 0 aliphatic heterocycles. The van der Waals surface area contributed by atoms with E-state index in [1.807, 2.05) is 0 Å². The minimum Gasteiger partial charge on any atom is -0.389 e. The van der Waals surface area contributed by atoms with Gasteiger partial charge in [0.15, 0.2) is 0 Å². The highest BCUT2D eigenvalue weighted by molar-refractivity contribution is 5.80. The summed E-state index contributed by atoms with van der Waals surface area (Å²) in [6, 6.07) is 0. The maximum absolute atomic E-state index is 11.2. The highest BCUT2D eigenvalue weighted by atomic mass is 16.3. The third-order valence-electron chi connectivity index (χ3n) is 3.42. The summed E-state index contributed by atoms with van der Waals surface area (Å²) in [5.41, 5.74) is -0.616. The highest BCUT2D eigenvalue weighted by Crippen LogP contribution is 2.46. The highest BCUT2D eigenvalue weighted by Gasteiger charge is 2.47. The zero-order valence-electron chi connectivity index (χ0n) is 7.55. The van der Waals surface area contributed by atoms with Crippen LogP contribution in [-0.4, -0.2) is 16.5 Å². The van der Waals surface area contributed by atoms with Gasteiger partial charge in [0, 0.05) is 12.8 Å². The second-order valence-electron chi connectivity index (χ2n) is 4.60. The number of rotatable bonds is 0. The van der Waals surface area contributed by atoms with E-state index in [4.69, 9.17) is 0 Å². The van der Waals surface area contributed by atoms with E-state index in [0.717, 1.165) is 19.3 Å². The molecule has 0 saturated heterocycles. The average molecular weight is 168 g/mol. The zero-order valence-corrected chi connectivity index (χ0v) is 7.55. The third kappa shape index (κ3) is 1.18. The van der Waals surface area contributed by atoms with Gasteiger partial charge in [0.1, 0.15) is 5.78 Å². The topological polar surface area (TPSA) is 37.3 Å². The van der Waals surface area contributed by atoms with E-state index in [-0.39, 0.29) is 5.78 Å². The van der Waals surface area contributed by atoms with E-state index >= 15 is 0 Å². The molecule has 0 amide bonds. The third-order valence-corrected chi connectivity index (χ3v) is 3.42. The van der Waals surface area contributed by atoms with Gasteiger partial charge in [-0.05, 0) is 31.1 Å². The molecular formula is C10H16O2. The maximum atomic E-state index is 11.2. The van der Waals surface area contributed by atoms with E-state index in [9.17, 15) is 9.90 Å². The van der Waals surface area contributed by atoms with Crippen molar-refractivity contribution in [1.29, 1.82) is 0 Å². The van der Waals surface area contributed by atoms with Gasteiger partial charge in [0.05, 0.1) is 5.60 Å². The van der Waals surface area contributed by atoms with Gasteiger partial charge in [-0.15, -0.1) is 0 Å². The fraction of sp³-hybridized carbons (Fsp3) is 0.900. The molecule has 2 heteroatoms. The number of ketones is 1. The molecule has 0 heterocycles. The fourth-order valence-corrected chi connectivity index (χ4v) is 2.93. The lowest BCUT2D eigenvalue weighted by atomic mass is 9.77. The van der Waals surface area contributed by atoms with E-state index in [1.54, 1.807) is 0 Å². The van der Waals surface area contributed by atoms with Crippen LogP contribution >= 0.6 is 0 Å². The van der Waals surface area contributed by atoms with Gasteiger partial charge in [-0.2, -0.15) is 0 Å². The van der Waals surface area contributed by atoms with Crippen molar-refractivity contribution in [2.45, 2.75) is 44.6 Å². The molecule has 3 atom stereocenters. The van der Waals surface area contributed by atoms with Crippen molar-refractivity contribution in [2.24, 2.45) is 11.8 Å². The number of Topliss-reactive ketones (excluding diaryl/α,β-unsaturated/α-hetero) is 1. The van der Waals surface area contributed by atoms with Crippen molar-refractivity contribution < 1.29 is 9.90 Å². The number of carbonyl (C=O) groups is 1. The average Bonchev–Trinajstić information content (AvgIpc) is 2.22. The van der Waals surface area contributed by atoms with E-state index in [0.29, 0.717) is 24.7 Å². The first-order valence-electron chi connectivity index (χ1n) is 4.84. The lowest BCUT2D eigenvalue weighted by Crippen LogP contribution is -2.39. The van der Waals surface area contributed by atoms with Crippen molar-refractivity contribution in [3.63, 3.8) is 0 Å². The van der Waals surface area contributed by atoms with Crippen LogP contribution in [0.4, 0.5) is 0 Å². The van der Waals surface area contributed by atoms with Crippen LogP contribution in [0.25, 0.3) is 0 Å². The predicted molar refractivity (Wildman–Crippen MR) is 45.7 cm³/mol. The van der Waals surface area contributed by atoms with Crippen LogP contribution in [0.5, 0.6) is 0 Å². The van der Waals surface area contributed by atoms with Crippen LogP contribution in [0, 0.1) is 11.8 Å². The van der Waals surface area contributed by atoms with Gasteiger partial charge < -0.3 is 5.11 Å². The number of aliphatic hydroxyl groups is 1. The minimum absolute atomic E-state index is 0.253. The van der Waals surface area contributed by atoms with Crippen LogP contribution < -0.4 is 0 Å². The summed E-state index contributed by atoms with van der Waals surface area (Å²) >= 11 is 0. The first-order valence-corrected chi connectivity index (χ1v) is 4.84.